The maximum atomic E-state index is 6.12. The summed E-state index contributed by atoms with van der Waals surface area (Å²) in [5, 5.41) is 3.39. The third-order valence-electron chi connectivity index (χ3n) is 3.62. The van der Waals surface area contributed by atoms with Gasteiger partial charge in [0, 0.05) is 12.5 Å². The highest BCUT2D eigenvalue weighted by atomic mass is 16.5. The normalized spacial score (nSPS) is 23.7. The number of aryl methyl sites for hydroxylation is 1. The fourth-order valence-electron chi connectivity index (χ4n) is 2.36. The standard InChI is InChI=1S/C15H23NO2/c1-4-12-5-6-14(15(9-12)17-3)18-13-7-8-16-10-11(13)2/h5-6,9,11,13,16H,4,7-8,10H2,1-3H3. The first-order chi connectivity index (χ1) is 8.74. The van der Waals surface area contributed by atoms with E-state index in [9.17, 15) is 0 Å². The minimum absolute atomic E-state index is 0.285. The molecule has 0 aliphatic carbocycles. The first-order valence-corrected chi connectivity index (χ1v) is 6.79. The zero-order chi connectivity index (χ0) is 13.0. The molecule has 2 rings (SSSR count). The van der Waals surface area contributed by atoms with Gasteiger partial charge in [0.2, 0.25) is 0 Å². The van der Waals surface area contributed by atoms with Gasteiger partial charge in [0.25, 0.3) is 0 Å². The largest absolute Gasteiger partial charge is 0.493 e. The molecule has 1 aromatic rings. The molecule has 0 saturated carbocycles. The molecule has 0 aromatic heterocycles. The zero-order valence-electron chi connectivity index (χ0n) is 11.5. The summed E-state index contributed by atoms with van der Waals surface area (Å²) in [6.07, 6.45) is 2.35. The SMILES string of the molecule is CCc1ccc(OC2CCNCC2C)c(OC)c1. The van der Waals surface area contributed by atoms with Crippen LogP contribution in [0.1, 0.15) is 25.8 Å². The molecule has 3 nitrogen and oxygen atoms in total. The molecule has 1 aliphatic rings. The van der Waals surface area contributed by atoms with Crippen LogP contribution in [0.4, 0.5) is 0 Å². The molecule has 1 heterocycles. The second-order valence-electron chi connectivity index (χ2n) is 4.97. The average molecular weight is 249 g/mol. The van der Waals surface area contributed by atoms with Crippen LogP contribution in [0, 0.1) is 5.92 Å². The van der Waals surface area contributed by atoms with Crippen LogP contribution in [0.3, 0.4) is 0 Å². The Kier molecular flexibility index (Phi) is 4.48. The number of ether oxygens (including phenoxy) is 2. The van der Waals surface area contributed by atoms with Crippen LogP contribution in [-0.2, 0) is 6.42 Å². The van der Waals surface area contributed by atoms with Crippen LogP contribution in [0.15, 0.2) is 18.2 Å². The molecule has 0 bridgehead atoms. The maximum absolute atomic E-state index is 6.12. The number of piperidine rings is 1. The number of hydrogen-bond donors (Lipinski definition) is 1. The molecule has 3 heteroatoms. The summed E-state index contributed by atoms with van der Waals surface area (Å²) in [7, 11) is 1.70. The number of nitrogens with one attached hydrogen (secondary N) is 1. The van der Waals surface area contributed by atoms with Gasteiger partial charge in [-0.1, -0.05) is 19.9 Å². The lowest BCUT2D eigenvalue weighted by Gasteiger charge is -2.30. The predicted molar refractivity (Wildman–Crippen MR) is 73.4 cm³/mol. The molecular weight excluding hydrogens is 226 g/mol. The van der Waals surface area contributed by atoms with E-state index in [1.165, 1.54) is 5.56 Å². The van der Waals surface area contributed by atoms with Gasteiger partial charge in [-0.3, -0.25) is 0 Å². The summed E-state index contributed by atoms with van der Waals surface area (Å²) in [6, 6.07) is 6.22. The predicted octanol–water partition coefficient (Wildman–Crippen LogP) is 2.63. The summed E-state index contributed by atoms with van der Waals surface area (Å²) in [6.45, 7) is 6.43. The van der Waals surface area contributed by atoms with E-state index in [1.807, 2.05) is 6.07 Å². The fraction of sp³-hybridized carbons (Fsp3) is 0.600. The van der Waals surface area contributed by atoms with Crippen molar-refractivity contribution in [3.63, 3.8) is 0 Å². The number of rotatable bonds is 4. The highest BCUT2D eigenvalue weighted by molar-refractivity contribution is 5.43. The lowest BCUT2D eigenvalue weighted by atomic mass is 9.98. The Morgan fingerprint density at radius 2 is 2.17 bits per heavy atom. The Hall–Kier alpha value is -1.22. The van der Waals surface area contributed by atoms with E-state index in [1.54, 1.807) is 7.11 Å². The quantitative estimate of drug-likeness (QED) is 0.890. The maximum Gasteiger partial charge on any atom is 0.161 e. The minimum atomic E-state index is 0.285. The van der Waals surface area contributed by atoms with Gasteiger partial charge in [-0.15, -0.1) is 0 Å². The molecule has 1 N–H and O–H groups in total. The van der Waals surface area contributed by atoms with E-state index in [4.69, 9.17) is 9.47 Å². The van der Waals surface area contributed by atoms with E-state index in [0.29, 0.717) is 5.92 Å². The van der Waals surface area contributed by atoms with Gasteiger partial charge in [0.05, 0.1) is 7.11 Å². The highest BCUT2D eigenvalue weighted by Crippen LogP contribution is 2.31. The molecular formula is C15H23NO2. The topological polar surface area (TPSA) is 30.5 Å². The summed E-state index contributed by atoms with van der Waals surface area (Å²) in [5.41, 5.74) is 1.28. The average Bonchev–Trinajstić information content (AvgIpc) is 2.41. The molecule has 18 heavy (non-hydrogen) atoms. The van der Waals surface area contributed by atoms with Crippen molar-refractivity contribution in [3.8, 4) is 11.5 Å². The van der Waals surface area contributed by atoms with Crippen molar-refractivity contribution < 1.29 is 9.47 Å². The van der Waals surface area contributed by atoms with E-state index in [2.05, 4.69) is 31.3 Å². The third-order valence-corrected chi connectivity index (χ3v) is 3.62. The lowest BCUT2D eigenvalue weighted by Crippen LogP contribution is -2.41. The Morgan fingerprint density at radius 3 is 2.83 bits per heavy atom. The molecule has 2 unspecified atom stereocenters. The van der Waals surface area contributed by atoms with Gasteiger partial charge in [-0.25, -0.2) is 0 Å². The second-order valence-corrected chi connectivity index (χ2v) is 4.97. The van der Waals surface area contributed by atoms with Crippen molar-refractivity contribution in [2.45, 2.75) is 32.8 Å². The van der Waals surface area contributed by atoms with Gasteiger partial charge in [-0.05, 0) is 37.1 Å². The monoisotopic (exact) mass is 249 g/mol. The van der Waals surface area contributed by atoms with Crippen LogP contribution in [0.2, 0.25) is 0 Å². The van der Waals surface area contributed by atoms with Crippen molar-refractivity contribution >= 4 is 0 Å². The highest BCUT2D eigenvalue weighted by Gasteiger charge is 2.23. The minimum Gasteiger partial charge on any atom is -0.493 e. The molecule has 0 radical (unpaired) electrons. The third kappa shape index (κ3) is 2.96. The van der Waals surface area contributed by atoms with E-state index < -0.39 is 0 Å². The van der Waals surface area contributed by atoms with Crippen LogP contribution in [0.5, 0.6) is 11.5 Å². The van der Waals surface area contributed by atoms with Crippen LogP contribution >= 0.6 is 0 Å². The Bertz CT molecular complexity index is 392. The summed E-state index contributed by atoms with van der Waals surface area (Å²) in [4.78, 5) is 0. The molecule has 1 fully saturated rings. The zero-order valence-corrected chi connectivity index (χ0v) is 11.5. The van der Waals surface area contributed by atoms with Crippen molar-refractivity contribution in [3.05, 3.63) is 23.8 Å². The van der Waals surface area contributed by atoms with Gasteiger partial charge in [0.15, 0.2) is 11.5 Å². The molecule has 0 amide bonds. The number of hydrogen-bond acceptors (Lipinski definition) is 3. The summed E-state index contributed by atoms with van der Waals surface area (Å²) < 4.78 is 11.5. The molecule has 0 spiro atoms. The first-order valence-electron chi connectivity index (χ1n) is 6.79. The van der Waals surface area contributed by atoms with Crippen molar-refractivity contribution in [1.29, 1.82) is 0 Å². The van der Waals surface area contributed by atoms with Gasteiger partial charge in [0.1, 0.15) is 6.10 Å². The van der Waals surface area contributed by atoms with Crippen molar-refractivity contribution in [2.75, 3.05) is 20.2 Å². The van der Waals surface area contributed by atoms with E-state index in [0.717, 1.165) is 37.4 Å². The second kappa shape index (κ2) is 6.10. The Labute approximate surface area is 109 Å². The van der Waals surface area contributed by atoms with Crippen molar-refractivity contribution in [1.82, 2.24) is 5.32 Å². The van der Waals surface area contributed by atoms with Gasteiger partial charge >= 0.3 is 0 Å². The molecule has 2 atom stereocenters. The summed E-state index contributed by atoms with van der Waals surface area (Å²) >= 11 is 0. The number of benzene rings is 1. The fourth-order valence-corrected chi connectivity index (χ4v) is 2.36. The van der Waals surface area contributed by atoms with E-state index >= 15 is 0 Å². The van der Waals surface area contributed by atoms with Crippen LogP contribution in [-0.4, -0.2) is 26.3 Å². The van der Waals surface area contributed by atoms with E-state index in [-0.39, 0.29) is 6.10 Å². The summed E-state index contributed by atoms with van der Waals surface area (Å²) in [5.74, 6) is 2.25. The molecule has 1 aliphatic heterocycles. The first kappa shape index (κ1) is 13.2. The Morgan fingerprint density at radius 1 is 1.33 bits per heavy atom. The Balaban J connectivity index is 2.12. The van der Waals surface area contributed by atoms with Gasteiger partial charge in [-0.2, -0.15) is 0 Å². The molecule has 1 saturated heterocycles. The lowest BCUT2D eigenvalue weighted by molar-refractivity contribution is 0.108. The van der Waals surface area contributed by atoms with Crippen LogP contribution < -0.4 is 14.8 Å². The molecule has 100 valence electrons. The van der Waals surface area contributed by atoms with Crippen LogP contribution in [0.25, 0.3) is 0 Å². The van der Waals surface area contributed by atoms with Crippen molar-refractivity contribution in [2.24, 2.45) is 5.92 Å². The smallest absolute Gasteiger partial charge is 0.161 e. The molecule has 1 aromatic carbocycles. The van der Waals surface area contributed by atoms with Gasteiger partial charge < -0.3 is 14.8 Å². The number of methoxy groups -OCH3 is 1.